The first-order valence-corrected chi connectivity index (χ1v) is 6.82. The molecule has 2 rings (SSSR count). The zero-order chi connectivity index (χ0) is 16.7. The van der Waals surface area contributed by atoms with E-state index >= 15 is 0 Å². The van der Waals surface area contributed by atoms with Gasteiger partial charge in [0.2, 0.25) is 0 Å². The van der Waals surface area contributed by atoms with Crippen LogP contribution in [0.3, 0.4) is 0 Å². The number of hydrogen-bond acceptors (Lipinski definition) is 5. The Morgan fingerprint density at radius 3 is 2.39 bits per heavy atom. The van der Waals surface area contributed by atoms with Gasteiger partial charge in [-0.1, -0.05) is 0 Å². The third-order valence-corrected chi connectivity index (χ3v) is 2.92. The average molecular weight is 312 g/mol. The molecule has 0 radical (unpaired) electrons. The molecule has 0 aliphatic rings. The topological polar surface area (TPSA) is 107 Å². The van der Waals surface area contributed by atoms with Crippen molar-refractivity contribution in [3.63, 3.8) is 0 Å². The first-order chi connectivity index (χ1) is 11.1. The number of benzene rings is 1. The van der Waals surface area contributed by atoms with E-state index in [-0.39, 0.29) is 12.5 Å². The van der Waals surface area contributed by atoms with Gasteiger partial charge < -0.3 is 10.5 Å². The molecule has 0 unspecified atom stereocenters. The second-order valence-electron chi connectivity index (χ2n) is 4.65. The number of hydrogen-bond donors (Lipinski definition) is 2. The first kappa shape index (κ1) is 16.2. The van der Waals surface area contributed by atoms with Gasteiger partial charge in [0.25, 0.3) is 11.8 Å². The molecule has 1 heterocycles. The van der Waals surface area contributed by atoms with E-state index in [1.54, 1.807) is 43.3 Å². The molecule has 0 atom stereocenters. The molecule has 0 aliphatic carbocycles. The minimum atomic E-state index is -0.536. The van der Waals surface area contributed by atoms with Crippen molar-refractivity contribution in [3.05, 3.63) is 59.9 Å². The molecular weight excluding hydrogens is 296 g/mol. The summed E-state index contributed by atoms with van der Waals surface area (Å²) in [6.07, 6.45) is 3.08. The molecule has 2 aromatic rings. The number of nitrogens with zero attached hydrogens (tertiary/aromatic N) is 2. The fraction of sp³-hybridized carbons (Fsp3) is 0.125. The van der Waals surface area contributed by atoms with Crippen LogP contribution in [0.5, 0.6) is 5.75 Å². The molecule has 0 fully saturated rings. The fourth-order valence-electron chi connectivity index (χ4n) is 1.71. The number of nitrogens with one attached hydrogen (secondary N) is 1. The van der Waals surface area contributed by atoms with E-state index in [9.17, 15) is 9.59 Å². The lowest BCUT2D eigenvalue weighted by Gasteiger charge is -2.06. The summed E-state index contributed by atoms with van der Waals surface area (Å²) in [6, 6.07) is 10.1. The lowest BCUT2D eigenvalue weighted by atomic mass is 10.1. The molecule has 7 nitrogen and oxygen atoms in total. The van der Waals surface area contributed by atoms with Crippen molar-refractivity contribution in [3.8, 4) is 5.75 Å². The van der Waals surface area contributed by atoms with Crippen LogP contribution in [0, 0.1) is 0 Å². The SMILES string of the molecule is C/C(=N/NC(=O)c1ccncc1)c1ccc(OCC(N)=O)cc1. The molecule has 0 saturated carbocycles. The van der Waals surface area contributed by atoms with Crippen molar-refractivity contribution in [2.45, 2.75) is 6.92 Å². The van der Waals surface area contributed by atoms with E-state index in [1.165, 1.54) is 12.4 Å². The lowest BCUT2D eigenvalue weighted by molar-refractivity contribution is -0.119. The van der Waals surface area contributed by atoms with Crippen LogP contribution in [0.1, 0.15) is 22.8 Å². The third kappa shape index (κ3) is 4.92. The molecule has 0 aliphatic heterocycles. The van der Waals surface area contributed by atoms with Crippen LogP contribution in [0.15, 0.2) is 53.9 Å². The Morgan fingerprint density at radius 2 is 1.78 bits per heavy atom. The second kappa shape index (κ2) is 7.69. The van der Waals surface area contributed by atoms with Crippen molar-refractivity contribution in [2.24, 2.45) is 10.8 Å². The number of carbonyl (C=O) groups excluding carboxylic acids is 2. The Hall–Kier alpha value is -3.22. The van der Waals surface area contributed by atoms with Crippen LogP contribution in [0.4, 0.5) is 0 Å². The lowest BCUT2D eigenvalue weighted by Crippen LogP contribution is -2.20. The summed E-state index contributed by atoms with van der Waals surface area (Å²) in [5.41, 5.74) is 9.41. The highest BCUT2D eigenvalue weighted by Crippen LogP contribution is 2.12. The van der Waals surface area contributed by atoms with Crippen molar-refractivity contribution >= 4 is 17.5 Å². The summed E-state index contributed by atoms with van der Waals surface area (Å²) < 4.78 is 5.17. The average Bonchev–Trinajstić information content (AvgIpc) is 2.58. The van der Waals surface area contributed by atoms with Crippen molar-refractivity contribution in [1.29, 1.82) is 0 Å². The zero-order valence-corrected chi connectivity index (χ0v) is 12.5. The summed E-state index contributed by atoms with van der Waals surface area (Å²) in [4.78, 5) is 26.4. The molecule has 1 aromatic heterocycles. The fourth-order valence-corrected chi connectivity index (χ4v) is 1.71. The largest absolute Gasteiger partial charge is 0.484 e. The molecule has 1 aromatic carbocycles. The minimum Gasteiger partial charge on any atom is -0.484 e. The standard InChI is InChI=1S/C16H16N4O3/c1-11(19-20-16(22)13-6-8-18-9-7-13)12-2-4-14(5-3-12)23-10-15(17)21/h2-9H,10H2,1H3,(H2,17,21)(H,20,22)/b19-11-. The Bertz CT molecular complexity index is 712. The predicted octanol–water partition coefficient (Wildman–Crippen LogP) is 1.10. The second-order valence-corrected chi connectivity index (χ2v) is 4.65. The summed E-state index contributed by atoms with van der Waals surface area (Å²) in [5, 5.41) is 4.06. The zero-order valence-electron chi connectivity index (χ0n) is 12.5. The number of nitrogens with two attached hydrogens (primary N) is 1. The molecule has 23 heavy (non-hydrogen) atoms. The molecule has 2 amide bonds. The predicted molar refractivity (Wildman–Crippen MR) is 85.0 cm³/mol. The number of primary amides is 1. The molecule has 7 heteroatoms. The number of carbonyl (C=O) groups is 2. The number of aromatic nitrogens is 1. The number of hydrazone groups is 1. The van der Waals surface area contributed by atoms with E-state index in [1.807, 2.05) is 0 Å². The molecule has 0 saturated heterocycles. The molecule has 0 bridgehead atoms. The van der Waals surface area contributed by atoms with Crippen molar-refractivity contribution in [1.82, 2.24) is 10.4 Å². The van der Waals surface area contributed by atoms with Gasteiger partial charge in [0.05, 0.1) is 5.71 Å². The van der Waals surface area contributed by atoms with Crippen molar-refractivity contribution in [2.75, 3.05) is 6.61 Å². The van der Waals surface area contributed by atoms with Crippen molar-refractivity contribution < 1.29 is 14.3 Å². The van der Waals surface area contributed by atoms with Gasteiger partial charge in [-0.15, -0.1) is 0 Å². The molecule has 3 N–H and O–H groups in total. The third-order valence-electron chi connectivity index (χ3n) is 2.92. The van der Waals surface area contributed by atoms with Crippen LogP contribution < -0.4 is 15.9 Å². The van der Waals surface area contributed by atoms with Crippen LogP contribution >= 0.6 is 0 Å². The molecule has 0 spiro atoms. The van der Waals surface area contributed by atoms with Gasteiger partial charge >= 0.3 is 0 Å². The summed E-state index contributed by atoms with van der Waals surface area (Å²) in [5.74, 6) is -0.319. The van der Waals surface area contributed by atoms with E-state index in [2.05, 4.69) is 15.5 Å². The van der Waals surface area contributed by atoms with Crippen LogP contribution in [0.2, 0.25) is 0 Å². The van der Waals surface area contributed by atoms with Gasteiger partial charge in [-0.05, 0) is 48.9 Å². The van der Waals surface area contributed by atoms with Gasteiger partial charge in [0, 0.05) is 18.0 Å². The molecule has 118 valence electrons. The van der Waals surface area contributed by atoms with Gasteiger partial charge in [0.15, 0.2) is 6.61 Å². The highest BCUT2D eigenvalue weighted by molar-refractivity contribution is 6.00. The van der Waals surface area contributed by atoms with E-state index < -0.39 is 5.91 Å². The van der Waals surface area contributed by atoms with Gasteiger partial charge in [-0.2, -0.15) is 5.10 Å². The minimum absolute atomic E-state index is 0.172. The summed E-state index contributed by atoms with van der Waals surface area (Å²) in [6.45, 7) is 1.60. The quantitative estimate of drug-likeness (QED) is 0.615. The number of amides is 2. The van der Waals surface area contributed by atoms with Gasteiger partial charge in [-0.3, -0.25) is 14.6 Å². The number of rotatable bonds is 6. The Balaban J connectivity index is 1.98. The first-order valence-electron chi connectivity index (χ1n) is 6.82. The normalized spacial score (nSPS) is 10.9. The number of pyridine rings is 1. The van der Waals surface area contributed by atoms with E-state index in [0.29, 0.717) is 17.0 Å². The van der Waals surface area contributed by atoms with Gasteiger partial charge in [0.1, 0.15) is 5.75 Å². The number of ether oxygens (including phenoxy) is 1. The van der Waals surface area contributed by atoms with E-state index in [0.717, 1.165) is 5.56 Å². The van der Waals surface area contributed by atoms with E-state index in [4.69, 9.17) is 10.5 Å². The monoisotopic (exact) mass is 312 g/mol. The van der Waals surface area contributed by atoms with Crippen LogP contribution in [-0.4, -0.2) is 29.1 Å². The molecular formula is C16H16N4O3. The Kier molecular flexibility index (Phi) is 5.40. The summed E-state index contributed by atoms with van der Waals surface area (Å²) in [7, 11) is 0. The summed E-state index contributed by atoms with van der Waals surface area (Å²) >= 11 is 0. The smallest absolute Gasteiger partial charge is 0.271 e. The van der Waals surface area contributed by atoms with Crippen LogP contribution in [0.25, 0.3) is 0 Å². The van der Waals surface area contributed by atoms with Gasteiger partial charge in [-0.25, -0.2) is 5.43 Å². The van der Waals surface area contributed by atoms with Crippen LogP contribution in [-0.2, 0) is 4.79 Å². The Morgan fingerprint density at radius 1 is 1.13 bits per heavy atom. The Labute approximate surface area is 133 Å². The highest BCUT2D eigenvalue weighted by Gasteiger charge is 2.04. The maximum atomic E-state index is 11.9. The maximum Gasteiger partial charge on any atom is 0.271 e. The maximum absolute atomic E-state index is 11.9. The highest BCUT2D eigenvalue weighted by atomic mass is 16.5.